The average Bonchev–Trinajstić information content (AvgIpc) is 3.29. The lowest BCUT2D eigenvalue weighted by molar-refractivity contribution is -0.217. The Morgan fingerprint density at radius 2 is 1.95 bits per heavy atom. The first-order chi connectivity index (χ1) is 17.6. The van der Waals surface area contributed by atoms with Crippen LogP contribution in [0, 0.1) is 11.7 Å². The molecule has 1 N–H and O–H groups in total. The first-order valence-corrected chi connectivity index (χ1v) is 11.5. The molecule has 0 radical (unpaired) electrons. The van der Waals surface area contributed by atoms with Crippen LogP contribution in [0.4, 0.5) is 23.4 Å². The summed E-state index contributed by atoms with van der Waals surface area (Å²) < 4.78 is 64.8. The lowest BCUT2D eigenvalue weighted by Gasteiger charge is -2.16. The number of halogens is 4. The standard InChI is InChI=1S/C26H27F4N3O4/c1-4-18(10-11-34)25(35)31-24-14-22(33(32-24)23-13-20(36-3)8-9-21(23)27)19-7-5-6-17(12-19)15-37-16(2)26(28,29)30/h5-9,11-14,16,18H,4,10,15H2,1-3H3,(H,31,32,35)/t16-,18-/m1/s1. The summed E-state index contributed by atoms with van der Waals surface area (Å²) in [5.41, 5.74) is 1.34. The van der Waals surface area contributed by atoms with Crippen LogP contribution in [0.3, 0.4) is 0 Å². The van der Waals surface area contributed by atoms with Crippen molar-refractivity contribution in [3.05, 3.63) is 59.9 Å². The normalized spacial score (nSPS) is 13.2. The van der Waals surface area contributed by atoms with Gasteiger partial charge >= 0.3 is 6.18 Å². The summed E-state index contributed by atoms with van der Waals surface area (Å²) in [6, 6.07) is 12.1. The van der Waals surface area contributed by atoms with Crippen molar-refractivity contribution in [2.75, 3.05) is 12.4 Å². The maximum Gasteiger partial charge on any atom is 0.414 e. The molecule has 0 fully saturated rings. The number of rotatable bonds is 11. The van der Waals surface area contributed by atoms with E-state index in [0.717, 1.165) is 6.92 Å². The van der Waals surface area contributed by atoms with E-state index < -0.39 is 29.9 Å². The highest BCUT2D eigenvalue weighted by atomic mass is 19.4. The van der Waals surface area contributed by atoms with E-state index in [4.69, 9.17) is 9.47 Å². The van der Waals surface area contributed by atoms with Crippen LogP contribution >= 0.6 is 0 Å². The minimum atomic E-state index is -4.49. The Bertz CT molecular complexity index is 1240. The highest BCUT2D eigenvalue weighted by Crippen LogP contribution is 2.31. The second kappa shape index (κ2) is 12.0. The van der Waals surface area contributed by atoms with Crippen molar-refractivity contribution < 1.29 is 36.6 Å². The van der Waals surface area contributed by atoms with E-state index in [-0.39, 0.29) is 24.5 Å². The van der Waals surface area contributed by atoms with Crippen LogP contribution in [0.25, 0.3) is 16.9 Å². The molecule has 2 aromatic carbocycles. The predicted molar refractivity (Wildman–Crippen MR) is 129 cm³/mol. The minimum absolute atomic E-state index is 0.0297. The van der Waals surface area contributed by atoms with Gasteiger partial charge in [-0.1, -0.05) is 25.1 Å². The molecule has 0 unspecified atom stereocenters. The van der Waals surface area contributed by atoms with Crippen molar-refractivity contribution in [1.29, 1.82) is 0 Å². The Morgan fingerprint density at radius 1 is 1.19 bits per heavy atom. The SMILES string of the molecule is CC[C@H](CC=O)C(=O)Nc1cc(-c2cccc(CO[C@H](C)C(F)(F)F)c2)n(-c2cc(OC)ccc2F)n1. The summed E-state index contributed by atoms with van der Waals surface area (Å²) in [5.74, 6) is -1.12. The number of amides is 1. The van der Waals surface area contributed by atoms with Crippen LogP contribution in [0.15, 0.2) is 48.5 Å². The molecule has 1 amide bonds. The van der Waals surface area contributed by atoms with Gasteiger partial charge in [0.05, 0.1) is 19.4 Å². The fourth-order valence-electron chi connectivity index (χ4n) is 3.55. The molecule has 3 rings (SSSR count). The number of aldehydes is 1. The van der Waals surface area contributed by atoms with Gasteiger partial charge in [-0.25, -0.2) is 9.07 Å². The number of hydrogen-bond donors (Lipinski definition) is 1. The molecule has 1 heterocycles. The summed E-state index contributed by atoms with van der Waals surface area (Å²) in [4.78, 5) is 23.6. The van der Waals surface area contributed by atoms with Crippen LogP contribution < -0.4 is 10.1 Å². The Labute approximate surface area is 211 Å². The third-order valence-electron chi connectivity index (χ3n) is 5.77. The molecule has 3 aromatic rings. The molecule has 0 aliphatic carbocycles. The maximum absolute atomic E-state index is 14.9. The van der Waals surface area contributed by atoms with E-state index in [2.05, 4.69) is 10.4 Å². The van der Waals surface area contributed by atoms with Crippen molar-refractivity contribution in [2.24, 2.45) is 5.92 Å². The first kappa shape index (κ1) is 27.9. The van der Waals surface area contributed by atoms with Gasteiger partial charge in [0.15, 0.2) is 11.9 Å². The number of aromatic nitrogens is 2. The monoisotopic (exact) mass is 521 g/mol. The summed E-state index contributed by atoms with van der Waals surface area (Å²) in [7, 11) is 1.43. The molecule has 2 atom stereocenters. The van der Waals surface area contributed by atoms with Crippen molar-refractivity contribution in [2.45, 2.75) is 45.6 Å². The largest absolute Gasteiger partial charge is 0.497 e. The van der Waals surface area contributed by atoms with Gasteiger partial charge in [-0.2, -0.15) is 13.2 Å². The molecule has 0 aliphatic heterocycles. The van der Waals surface area contributed by atoms with E-state index in [0.29, 0.717) is 35.3 Å². The number of anilines is 1. The quantitative estimate of drug-likeness (QED) is 0.258. The van der Waals surface area contributed by atoms with Gasteiger partial charge < -0.3 is 19.6 Å². The second-order valence-electron chi connectivity index (χ2n) is 8.34. The molecule has 7 nitrogen and oxygen atoms in total. The van der Waals surface area contributed by atoms with E-state index in [1.807, 2.05) is 0 Å². The zero-order valence-corrected chi connectivity index (χ0v) is 20.5. The summed E-state index contributed by atoms with van der Waals surface area (Å²) in [5, 5.41) is 7.03. The molecule has 0 saturated carbocycles. The third kappa shape index (κ3) is 6.94. The van der Waals surface area contributed by atoms with Gasteiger partial charge in [-0.3, -0.25) is 4.79 Å². The number of benzene rings is 2. The molecule has 0 spiro atoms. The Balaban J connectivity index is 2.02. The molecule has 1 aromatic heterocycles. The van der Waals surface area contributed by atoms with Crippen LogP contribution in [0.5, 0.6) is 5.75 Å². The molecule has 198 valence electrons. The van der Waals surface area contributed by atoms with Crippen molar-refractivity contribution >= 4 is 18.0 Å². The first-order valence-electron chi connectivity index (χ1n) is 11.5. The lowest BCUT2D eigenvalue weighted by Crippen LogP contribution is -2.28. The van der Waals surface area contributed by atoms with Crippen LogP contribution in [-0.4, -0.2) is 41.4 Å². The molecule has 0 saturated heterocycles. The highest BCUT2D eigenvalue weighted by Gasteiger charge is 2.36. The number of hydrogen-bond acceptors (Lipinski definition) is 5. The van der Waals surface area contributed by atoms with Crippen LogP contribution in [0.1, 0.15) is 32.3 Å². The second-order valence-corrected chi connectivity index (χ2v) is 8.34. The lowest BCUT2D eigenvalue weighted by atomic mass is 10.0. The fourth-order valence-corrected chi connectivity index (χ4v) is 3.55. The summed E-state index contributed by atoms with van der Waals surface area (Å²) in [6.45, 7) is 2.40. The number of nitrogens with one attached hydrogen (secondary N) is 1. The van der Waals surface area contributed by atoms with Gasteiger partial charge in [0.1, 0.15) is 23.5 Å². The minimum Gasteiger partial charge on any atom is -0.497 e. The molecule has 0 aliphatic rings. The molecule has 0 bridgehead atoms. The van der Waals surface area contributed by atoms with Crippen LogP contribution in [0.2, 0.25) is 0 Å². The molecule has 37 heavy (non-hydrogen) atoms. The van der Waals surface area contributed by atoms with Crippen LogP contribution in [-0.2, 0) is 20.9 Å². The number of alkyl halides is 3. The number of methoxy groups -OCH3 is 1. The third-order valence-corrected chi connectivity index (χ3v) is 5.77. The average molecular weight is 522 g/mol. The van der Waals surface area contributed by atoms with Crippen molar-refractivity contribution in [3.63, 3.8) is 0 Å². The van der Waals surface area contributed by atoms with E-state index in [9.17, 15) is 27.2 Å². The van der Waals surface area contributed by atoms with Gasteiger partial charge in [0.25, 0.3) is 0 Å². The van der Waals surface area contributed by atoms with E-state index >= 15 is 0 Å². The highest BCUT2D eigenvalue weighted by molar-refractivity contribution is 5.93. The smallest absolute Gasteiger partial charge is 0.414 e. The summed E-state index contributed by atoms with van der Waals surface area (Å²) >= 11 is 0. The molecular weight excluding hydrogens is 494 g/mol. The van der Waals surface area contributed by atoms with Gasteiger partial charge in [0.2, 0.25) is 5.91 Å². The van der Waals surface area contributed by atoms with Gasteiger partial charge in [-0.05, 0) is 37.1 Å². The predicted octanol–water partition coefficient (Wildman–Crippen LogP) is 5.71. The Kier molecular flexibility index (Phi) is 9.04. The molecule has 11 heteroatoms. The number of carbonyl (C=O) groups excluding carboxylic acids is 2. The zero-order valence-electron chi connectivity index (χ0n) is 20.5. The van der Waals surface area contributed by atoms with Crippen molar-refractivity contribution in [1.82, 2.24) is 9.78 Å². The van der Waals surface area contributed by atoms with E-state index in [1.165, 1.54) is 36.1 Å². The molecular formula is C26H27F4N3O4. The number of ether oxygens (including phenoxy) is 2. The zero-order chi connectivity index (χ0) is 27.2. The fraction of sp³-hybridized carbons (Fsp3) is 0.346. The van der Waals surface area contributed by atoms with Gasteiger partial charge in [0, 0.05) is 30.0 Å². The Hall–Kier alpha value is -3.73. The topological polar surface area (TPSA) is 82.5 Å². The number of carbonyl (C=O) groups is 2. The summed E-state index contributed by atoms with van der Waals surface area (Å²) in [6.07, 6.45) is -5.31. The maximum atomic E-state index is 14.9. The van der Waals surface area contributed by atoms with E-state index in [1.54, 1.807) is 31.2 Å². The van der Waals surface area contributed by atoms with Gasteiger partial charge in [-0.15, -0.1) is 5.10 Å². The number of nitrogens with zero attached hydrogens (tertiary/aromatic N) is 2. The van der Waals surface area contributed by atoms with Crippen molar-refractivity contribution in [3.8, 4) is 22.7 Å². The Morgan fingerprint density at radius 3 is 2.59 bits per heavy atom.